The highest BCUT2D eigenvalue weighted by atomic mass is 16.1. The van der Waals surface area contributed by atoms with E-state index in [9.17, 15) is 4.79 Å². The van der Waals surface area contributed by atoms with Crippen molar-refractivity contribution in [1.82, 2.24) is 0 Å². The lowest BCUT2D eigenvalue weighted by molar-refractivity contribution is 0.101. The molecule has 0 spiro atoms. The van der Waals surface area contributed by atoms with Gasteiger partial charge in [0.2, 0.25) is 0 Å². The first-order valence-corrected chi connectivity index (χ1v) is 6.55. The van der Waals surface area contributed by atoms with E-state index in [-0.39, 0.29) is 5.78 Å². The third-order valence-electron chi connectivity index (χ3n) is 3.65. The fourth-order valence-corrected chi connectivity index (χ4v) is 2.58. The van der Waals surface area contributed by atoms with Gasteiger partial charge in [0.1, 0.15) is 0 Å². The molecule has 94 valence electrons. The normalized spacial score (nSPS) is 13.1. The number of benzene rings is 2. The molecule has 0 aromatic heterocycles. The first-order valence-electron chi connectivity index (χ1n) is 6.55. The van der Waals surface area contributed by atoms with E-state index in [4.69, 9.17) is 0 Å². The van der Waals surface area contributed by atoms with E-state index in [0.29, 0.717) is 0 Å². The van der Waals surface area contributed by atoms with Gasteiger partial charge in [0.15, 0.2) is 5.78 Å². The Morgan fingerprint density at radius 1 is 1.11 bits per heavy atom. The predicted octanol–water partition coefficient (Wildman–Crippen LogP) is 4.29. The number of carbonyl (C=O) groups is 1. The fourth-order valence-electron chi connectivity index (χ4n) is 2.58. The first kappa shape index (κ1) is 11.9. The standard InChI is InChI=1S/C18H16O/c1-12-6-7-16-10-18(11-17(16)8-12)15-5-3-4-14(9-15)13(2)19/h3-9,11H,10H2,1-2H3. The van der Waals surface area contributed by atoms with Gasteiger partial charge >= 0.3 is 0 Å². The van der Waals surface area contributed by atoms with Crippen LogP contribution in [0.1, 0.15) is 39.5 Å². The number of allylic oxidation sites excluding steroid dienone is 1. The summed E-state index contributed by atoms with van der Waals surface area (Å²) in [6.45, 7) is 3.72. The number of Topliss-reactive ketones (excluding diaryl/α,β-unsaturated/α-hetero) is 1. The number of carbonyl (C=O) groups excluding carboxylic acids is 1. The molecule has 0 fully saturated rings. The molecule has 1 aliphatic rings. The Bertz CT molecular complexity index is 693. The first-order chi connectivity index (χ1) is 9.13. The smallest absolute Gasteiger partial charge is 0.159 e. The van der Waals surface area contributed by atoms with E-state index < -0.39 is 0 Å². The molecule has 2 aromatic carbocycles. The van der Waals surface area contributed by atoms with Gasteiger partial charge in [-0.05, 0) is 48.6 Å². The fraction of sp³-hybridized carbons (Fsp3) is 0.167. The van der Waals surface area contributed by atoms with E-state index in [1.807, 2.05) is 18.2 Å². The van der Waals surface area contributed by atoms with Crippen LogP contribution in [0, 0.1) is 6.92 Å². The molecule has 0 saturated heterocycles. The highest BCUT2D eigenvalue weighted by Gasteiger charge is 2.14. The molecule has 0 unspecified atom stereocenters. The topological polar surface area (TPSA) is 17.1 Å². The Kier molecular flexibility index (Phi) is 2.83. The number of rotatable bonds is 2. The van der Waals surface area contributed by atoms with Gasteiger partial charge in [-0.15, -0.1) is 0 Å². The summed E-state index contributed by atoms with van der Waals surface area (Å²) < 4.78 is 0. The van der Waals surface area contributed by atoms with Crippen LogP contribution in [0.5, 0.6) is 0 Å². The largest absolute Gasteiger partial charge is 0.295 e. The maximum Gasteiger partial charge on any atom is 0.159 e. The number of ketones is 1. The van der Waals surface area contributed by atoms with Gasteiger partial charge < -0.3 is 0 Å². The molecule has 1 nitrogen and oxygen atoms in total. The van der Waals surface area contributed by atoms with Crippen molar-refractivity contribution < 1.29 is 4.79 Å². The van der Waals surface area contributed by atoms with Crippen molar-refractivity contribution in [2.24, 2.45) is 0 Å². The van der Waals surface area contributed by atoms with Crippen LogP contribution in [0.4, 0.5) is 0 Å². The number of hydrogen-bond donors (Lipinski definition) is 0. The molecular weight excluding hydrogens is 232 g/mol. The van der Waals surface area contributed by atoms with Gasteiger partial charge in [-0.25, -0.2) is 0 Å². The van der Waals surface area contributed by atoms with Crippen LogP contribution in [0.3, 0.4) is 0 Å². The van der Waals surface area contributed by atoms with E-state index in [0.717, 1.165) is 17.5 Å². The highest BCUT2D eigenvalue weighted by Crippen LogP contribution is 2.32. The van der Waals surface area contributed by atoms with Gasteiger partial charge in [0.25, 0.3) is 0 Å². The number of aryl methyl sites for hydroxylation is 1. The van der Waals surface area contributed by atoms with E-state index in [2.05, 4.69) is 37.3 Å². The lowest BCUT2D eigenvalue weighted by Gasteiger charge is -2.04. The zero-order chi connectivity index (χ0) is 13.4. The molecule has 0 saturated carbocycles. The molecule has 3 rings (SSSR count). The van der Waals surface area contributed by atoms with Crippen molar-refractivity contribution in [3.05, 3.63) is 70.3 Å². The van der Waals surface area contributed by atoms with Crippen molar-refractivity contribution in [3.63, 3.8) is 0 Å². The number of fused-ring (bicyclic) bond motifs is 1. The summed E-state index contributed by atoms with van der Waals surface area (Å²) in [5.41, 5.74) is 7.20. The molecule has 2 aromatic rings. The Labute approximate surface area is 113 Å². The minimum atomic E-state index is 0.119. The minimum absolute atomic E-state index is 0.119. The SMILES string of the molecule is CC(=O)c1cccc(C2=Cc3cc(C)ccc3C2)c1. The molecular formula is C18H16O. The van der Waals surface area contributed by atoms with E-state index in [1.165, 1.54) is 22.3 Å². The molecule has 0 radical (unpaired) electrons. The Morgan fingerprint density at radius 3 is 2.74 bits per heavy atom. The van der Waals surface area contributed by atoms with Crippen molar-refractivity contribution in [3.8, 4) is 0 Å². The van der Waals surface area contributed by atoms with Crippen LogP contribution < -0.4 is 0 Å². The average Bonchev–Trinajstić information content (AvgIpc) is 2.81. The van der Waals surface area contributed by atoms with Crippen LogP contribution in [0.25, 0.3) is 11.6 Å². The summed E-state index contributed by atoms with van der Waals surface area (Å²) in [4.78, 5) is 11.5. The van der Waals surface area contributed by atoms with E-state index >= 15 is 0 Å². The van der Waals surface area contributed by atoms with Gasteiger partial charge in [-0.3, -0.25) is 4.79 Å². The summed E-state index contributed by atoms with van der Waals surface area (Å²) in [5.74, 6) is 0.119. The van der Waals surface area contributed by atoms with Crippen LogP contribution in [0.15, 0.2) is 42.5 Å². The van der Waals surface area contributed by atoms with Crippen LogP contribution in [0.2, 0.25) is 0 Å². The minimum Gasteiger partial charge on any atom is -0.295 e. The third kappa shape index (κ3) is 2.24. The van der Waals surface area contributed by atoms with Gasteiger partial charge in [-0.1, -0.05) is 48.0 Å². The molecule has 0 heterocycles. The number of hydrogen-bond acceptors (Lipinski definition) is 1. The van der Waals surface area contributed by atoms with Crippen LogP contribution in [-0.4, -0.2) is 5.78 Å². The van der Waals surface area contributed by atoms with Crippen molar-refractivity contribution in [2.75, 3.05) is 0 Å². The second-order valence-electron chi connectivity index (χ2n) is 5.19. The zero-order valence-corrected chi connectivity index (χ0v) is 11.2. The zero-order valence-electron chi connectivity index (χ0n) is 11.2. The predicted molar refractivity (Wildman–Crippen MR) is 79.2 cm³/mol. The quantitative estimate of drug-likeness (QED) is 0.724. The second-order valence-corrected chi connectivity index (χ2v) is 5.19. The summed E-state index contributed by atoms with van der Waals surface area (Å²) in [6, 6.07) is 14.5. The maximum atomic E-state index is 11.5. The lowest BCUT2D eigenvalue weighted by Crippen LogP contribution is -1.93. The molecule has 0 amide bonds. The van der Waals surface area contributed by atoms with Gasteiger partial charge in [0, 0.05) is 5.56 Å². The van der Waals surface area contributed by atoms with Crippen molar-refractivity contribution >= 4 is 17.4 Å². The Balaban J connectivity index is 2.00. The average molecular weight is 248 g/mol. The maximum absolute atomic E-state index is 11.5. The molecule has 1 aliphatic carbocycles. The van der Waals surface area contributed by atoms with Crippen LogP contribution in [-0.2, 0) is 6.42 Å². The highest BCUT2D eigenvalue weighted by molar-refractivity contribution is 5.96. The van der Waals surface area contributed by atoms with Crippen molar-refractivity contribution in [2.45, 2.75) is 20.3 Å². The summed E-state index contributed by atoms with van der Waals surface area (Å²) in [5, 5.41) is 0. The summed E-state index contributed by atoms with van der Waals surface area (Å²) in [6.07, 6.45) is 3.19. The second kappa shape index (κ2) is 4.51. The van der Waals surface area contributed by atoms with Crippen LogP contribution >= 0.6 is 0 Å². The Hall–Kier alpha value is -2.15. The van der Waals surface area contributed by atoms with Gasteiger partial charge in [-0.2, -0.15) is 0 Å². The molecule has 19 heavy (non-hydrogen) atoms. The summed E-state index contributed by atoms with van der Waals surface area (Å²) in [7, 11) is 0. The molecule has 0 N–H and O–H groups in total. The molecule has 0 aliphatic heterocycles. The van der Waals surface area contributed by atoms with Crippen molar-refractivity contribution in [1.29, 1.82) is 0 Å². The monoisotopic (exact) mass is 248 g/mol. The van der Waals surface area contributed by atoms with Gasteiger partial charge in [0.05, 0.1) is 0 Å². The lowest BCUT2D eigenvalue weighted by atomic mass is 10.00. The molecule has 0 bridgehead atoms. The van der Waals surface area contributed by atoms with E-state index in [1.54, 1.807) is 6.92 Å². The molecule has 0 atom stereocenters. The summed E-state index contributed by atoms with van der Waals surface area (Å²) >= 11 is 0. The Morgan fingerprint density at radius 2 is 1.95 bits per heavy atom. The third-order valence-corrected chi connectivity index (χ3v) is 3.65. The molecule has 1 heteroatoms.